The molecule has 21 heavy (non-hydrogen) atoms. The first-order valence-corrected chi connectivity index (χ1v) is 6.51. The van der Waals surface area contributed by atoms with Crippen LogP contribution in [0.15, 0.2) is 24.4 Å². The van der Waals surface area contributed by atoms with E-state index in [0.717, 1.165) is 4.98 Å². The fourth-order valence-corrected chi connectivity index (χ4v) is 2.30. The normalized spacial score (nSPS) is 30.3. The lowest BCUT2D eigenvalue weighted by atomic mass is 10.0. The molecule has 0 unspecified atom stereocenters. The van der Waals surface area contributed by atoms with E-state index in [1.807, 2.05) is 0 Å². The molecule has 1 saturated heterocycles. The maximum absolute atomic E-state index is 11.5. The van der Waals surface area contributed by atoms with Crippen molar-refractivity contribution in [2.45, 2.75) is 18.9 Å². The van der Waals surface area contributed by atoms with E-state index in [1.165, 1.54) is 0 Å². The van der Waals surface area contributed by atoms with Crippen LogP contribution in [0.4, 0.5) is 4.79 Å². The third-order valence-corrected chi connectivity index (χ3v) is 3.30. The van der Waals surface area contributed by atoms with Crippen molar-refractivity contribution in [2.24, 2.45) is 0 Å². The van der Waals surface area contributed by atoms with Gasteiger partial charge in [-0.25, -0.2) is 4.79 Å². The number of nitrogens with one attached hydrogen (secondary N) is 2. The second-order valence-corrected chi connectivity index (χ2v) is 4.86. The molecule has 5 nitrogen and oxygen atoms in total. The number of likely N-dealkylation sites (N-methyl/N-ethyl adjacent to an activating group) is 1. The van der Waals surface area contributed by atoms with Crippen LogP contribution in [0, 0.1) is 0 Å². The number of aromatic nitrogens is 1. The lowest BCUT2D eigenvalue weighted by molar-refractivity contribution is 0.177. The molecule has 1 aromatic heterocycles. The number of aromatic amines is 1. The molecule has 2 heterocycles. The van der Waals surface area contributed by atoms with Crippen LogP contribution in [0.5, 0.6) is 0 Å². The molecule has 1 atom stereocenters. The summed E-state index contributed by atoms with van der Waals surface area (Å²) in [6.45, 7) is -6.38. The standard InChI is InChI=1S/C16H21N3O2/c1-19(2)6-5-12-9-17-15-4-3-11(8-14(12)15)7-13-10-21-16(20)18-13/h3-4,8-9,13,17H,5-7,10H2,1-2H3,(H,18,20)/t13-/m0/s1/i1D3,2D3,9D,13D/hD2. The largest absolute Gasteiger partial charge is 0.447 e. The van der Waals surface area contributed by atoms with Gasteiger partial charge < -0.3 is 19.9 Å². The summed E-state index contributed by atoms with van der Waals surface area (Å²) in [5.74, 6) is 0. The third kappa shape index (κ3) is 3.19. The molecular weight excluding hydrogens is 266 g/mol. The van der Waals surface area contributed by atoms with Crippen LogP contribution in [-0.4, -0.2) is 49.1 Å². The molecule has 0 radical (unpaired) electrons. The van der Waals surface area contributed by atoms with Gasteiger partial charge in [-0.1, -0.05) is 6.07 Å². The SMILES string of the molecule is [2H]c1c(CCN(C([2H])([2H])[2H])C([2H])([2H])[2H])c2cc(C[C@@]3([2H])COC(=O)N3[2H])ccc2n1[2H]. The number of benzene rings is 1. The van der Waals surface area contributed by atoms with Gasteiger partial charge in [-0.05, 0) is 50.1 Å². The first kappa shape index (κ1) is 6.40. The summed E-state index contributed by atoms with van der Waals surface area (Å²) in [6.07, 6.45) is -1.26. The van der Waals surface area contributed by atoms with E-state index in [0.29, 0.717) is 32.2 Å². The number of cyclic esters (lactones) is 1. The molecule has 1 aliphatic heterocycles. The summed E-state index contributed by atoms with van der Waals surface area (Å²) >= 11 is 0. The Hall–Kier alpha value is -2.01. The van der Waals surface area contributed by atoms with Gasteiger partial charge in [0.05, 0.1) is 8.76 Å². The molecule has 0 saturated carbocycles. The van der Waals surface area contributed by atoms with Crippen LogP contribution in [-0.2, 0) is 17.6 Å². The van der Waals surface area contributed by atoms with E-state index < -0.39 is 26.1 Å². The van der Waals surface area contributed by atoms with Crippen LogP contribution in [0.1, 0.15) is 22.1 Å². The lowest BCUT2D eigenvalue weighted by Crippen LogP contribution is -2.28. The monoisotopic (exact) mass is 297 g/mol. The first-order valence-electron chi connectivity index (χ1n) is 11.4. The number of amides is 1. The Bertz CT molecular complexity index is 988. The van der Waals surface area contributed by atoms with E-state index in [9.17, 15) is 4.79 Å². The highest BCUT2D eigenvalue weighted by molar-refractivity contribution is 5.84. The summed E-state index contributed by atoms with van der Waals surface area (Å²) in [5.41, 5.74) is 1.21. The number of rotatable bonds is 5. The minimum Gasteiger partial charge on any atom is -0.447 e. The van der Waals surface area contributed by atoms with E-state index in [1.54, 1.807) is 18.2 Å². The predicted molar refractivity (Wildman–Crippen MR) is 82.5 cm³/mol. The average molecular weight is 297 g/mol. The third-order valence-electron chi connectivity index (χ3n) is 3.30. The molecule has 112 valence electrons. The fourth-order valence-electron chi connectivity index (χ4n) is 2.30. The van der Waals surface area contributed by atoms with Crippen molar-refractivity contribution < 1.29 is 23.3 Å². The first-order chi connectivity index (χ1) is 14.1. The van der Waals surface area contributed by atoms with Crippen molar-refractivity contribution in [3.8, 4) is 0 Å². The number of hydrogen-bond acceptors (Lipinski definition) is 3. The van der Waals surface area contributed by atoms with Crippen LogP contribution < -0.4 is 5.31 Å². The van der Waals surface area contributed by atoms with Gasteiger partial charge in [-0.3, -0.25) is 0 Å². The van der Waals surface area contributed by atoms with Crippen LogP contribution in [0.2, 0.25) is 2.82 Å². The Kier molecular flexibility index (Phi) is 1.76. The van der Waals surface area contributed by atoms with Gasteiger partial charge >= 0.3 is 6.09 Å². The molecule has 1 aromatic carbocycles. The van der Waals surface area contributed by atoms with Crippen molar-refractivity contribution in [1.82, 2.24) is 15.2 Å². The van der Waals surface area contributed by atoms with E-state index in [-0.39, 0.29) is 32.2 Å². The summed E-state index contributed by atoms with van der Waals surface area (Å²) in [7, 11) is 0. The zero-order valence-corrected chi connectivity index (χ0v) is 11.2. The number of H-pyrrole nitrogens is 1. The maximum atomic E-state index is 11.5. The zero-order chi connectivity index (χ0) is 23.4. The van der Waals surface area contributed by atoms with Crippen molar-refractivity contribution in [3.63, 3.8) is 0 Å². The second kappa shape index (κ2) is 5.77. The minimum absolute atomic E-state index is 0.0369. The van der Waals surface area contributed by atoms with Gasteiger partial charge in [-0.2, -0.15) is 0 Å². The summed E-state index contributed by atoms with van der Waals surface area (Å²) in [6, 6.07) is 3.15. The van der Waals surface area contributed by atoms with Crippen LogP contribution in [0.25, 0.3) is 10.9 Å². The lowest BCUT2D eigenvalue weighted by Gasteiger charge is -2.09. The summed E-state index contributed by atoms with van der Waals surface area (Å²) in [5, 5.41) is 0.896. The highest BCUT2D eigenvalue weighted by atomic mass is 16.6. The van der Waals surface area contributed by atoms with Gasteiger partial charge in [0.2, 0.25) is 0 Å². The van der Waals surface area contributed by atoms with Gasteiger partial charge in [0, 0.05) is 31.8 Å². The molecule has 5 heteroatoms. The smallest absolute Gasteiger partial charge is 0.407 e. The number of carbonyl (C=O) groups excluding carboxylic acids is 1. The summed E-state index contributed by atoms with van der Waals surface area (Å²) < 4.78 is 81.9. The van der Waals surface area contributed by atoms with E-state index in [4.69, 9.17) is 18.5 Å². The molecule has 2 N–H and O–H groups in total. The minimum atomic E-state index is -2.86. The Morgan fingerprint density at radius 1 is 1.62 bits per heavy atom. The van der Waals surface area contributed by atoms with Crippen molar-refractivity contribution in [2.75, 3.05) is 27.1 Å². The van der Waals surface area contributed by atoms with Crippen LogP contribution >= 0.6 is 0 Å². The second-order valence-electron chi connectivity index (χ2n) is 4.86. The van der Waals surface area contributed by atoms with Crippen molar-refractivity contribution in [1.29, 1.82) is 0 Å². The Morgan fingerprint density at radius 3 is 3.29 bits per heavy atom. The number of carbonyl (C=O) groups is 1. The Balaban J connectivity index is 1.94. The Labute approximate surface area is 138 Å². The van der Waals surface area contributed by atoms with Crippen LogP contribution in [0.3, 0.4) is 0 Å². The fraction of sp³-hybridized carbons (Fsp3) is 0.438. The van der Waals surface area contributed by atoms with Gasteiger partial charge in [-0.15, -0.1) is 0 Å². The highest BCUT2D eigenvalue weighted by Crippen LogP contribution is 2.21. The molecule has 0 spiro atoms. The van der Waals surface area contributed by atoms with Gasteiger partial charge in [0.25, 0.3) is 0 Å². The molecule has 0 aliphatic carbocycles. The van der Waals surface area contributed by atoms with Gasteiger partial charge in [0.1, 0.15) is 6.61 Å². The molecule has 3 rings (SSSR count). The molecular formula is C16H21N3O2. The van der Waals surface area contributed by atoms with E-state index >= 15 is 0 Å². The highest BCUT2D eigenvalue weighted by Gasteiger charge is 2.22. The number of ether oxygens (including phenoxy) is 1. The number of nitrogens with zero attached hydrogens (tertiary/aromatic N) is 1. The number of fused-ring (bicyclic) bond motifs is 1. The quantitative estimate of drug-likeness (QED) is 0.886. The molecule has 1 amide bonds. The topological polar surface area (TPSA) is 57.4 Å². The molecule has 1 aliphatic rings. The predicted octanol–water partition coefficient (Wildman–Crippen LogP) is 1.92. The Morgan fingerprint density at radius 2 is 2.52 bits per heavy atom. The molecule has 2 aromatic rings. The zero-order valence-electron chi connectivity index (χ0n) is 21.2. The molecule has 1 fully saturated rings. The van der Waals surface area contributed by atoms with Gasteiger partial charge in [0.15, 0.2) is 2.82 Å². The maximum Gasteiger partial charge on any atom is 0.407 e. The van der Waals surface area contributed by atoms with E-state index in [2.05, 4.69) is 0 Å². The molecule has 0 bridgehead atoms. The van der Waals surface area contributed by atoms with Crippen molar-refractivity contribution in [3.05, 3.63) is 35.5 Å². The van der Waals surface area contributed by atoms with Crippen molar-refractivity contribution >= 4 is 17.0 Å². The number of hydrogen-bond donors (Lipinski definition) is 2. The summed E-state index contributed by atoms with van der Waals surface area (Å²) in [4.78, 5) is 12.7. The number of alkyl carbamates (subject to hydrolysis) is 1. The average Bonchev–Trinajstić information content (AvgIpc) is 3.02.